The van der Waals surface area contributed by atoms with Crippen molar-refractivity contribution in [3.8, 4) is 0 Å². The molecule has 0 N–H and O–H groups in total. The van der Waals surface area contributed by atoms with E-state index in [0.717, 1.165) is 25.1 Å². The van der Waals surface area contributed by atoms with E-state index in [1.165, 1.54) is 12.5 Å². The molecule has 1 aromatic carbocycles. The topological polar surface area (TPSA) is 37.4 Å². The fourth-order valence-corrected chi connectivity index (χ4v) is 2.10. The van der Waals surface area contributed by atoms with Gasteiger partial charge in [-0.1, -0.05) is 18.2 Å². The zero-order valence-corrected chi connectivity index (χ0v) is 9.40. The number of benzene rings is 1. The molecule has 84 valence electrons. The molecule has 2 rings (SSSR count). The van der Waals surface area contributed by atoms with Crippen molar-refractivity contribution in [1.29, 1.82) is 0 Å². The summed E-state index contributed by atoms with van der Waals surface area (Å²) in [7, 11) is 0. The molecule has 3 nitrogen and oxygen atoms in total. The lowest BCUT2D eigenvalue weighted by Gasteiger charge is -2.29. The summed E-state index contributed by atoms with van der Waals surface area (Å²) >= 11 is 0. The van der Waals surface area contributed by atoms with Crippen molar-refractivity contribution in [2.75, 3.05) is 11.4 Å². The van der Waals surface area contributed by atoms with Crippen LogP contribution in [0.4, 0.5) is 5.69 Å². The van der Waals surface area contributed by atoms with E-state index in [4.69, 9.17) is 0 Å². The number of hydrogen-bond acceptors (Lipinski definition) is 2. The van der Waals surface area contributed by atoms with Gasteiger partial charge in [-0.25, -0.2) is 0 Å². The van der Waals surface area contributed by atoms with Crippen LogP contribution >= 0.6 is 0 Å². The highest BCUT2D eigenvalue weighted by Gasteiger charge is 2.22. The van der Waals surface area contributed by atoms with E-state index >= 15 is 0 Å². The van der Waals surface area contributed by atoms with Gasteiger partial charge in [-0.05, 0) is 31.4 Å². The maximum Gasteiger partial charge on any atom is 0.234 e. The molecule has 0 bridgehead atoms. The maximum absolute atomic E-state index is 11.9. The van der Waals surface area contributed by atoms with E-state index in [1.807, 2.05) is 24.3 Å². The van der Waals surface area contributed by atoms with E-state index in [2.05, 4.69) is 0 Å². The van der Waals surface area contributed by atoms with E-state index in [1.54, 1.807) is 4.90 Å². The van der Waals surface area contributed by atoms with Crippen LogP contribution in [0.3, 0.4) is 0 Å². The Morgan fingerprint density at radius 1 is 1.31 bits per heavy atom. The third kappa shape index (κ3) is 2.13. The van der Waals surface area contributed by atoms with Gasteiger partial charge in [-0.15, -0.1) is 0 Å². The number of Topliss-reactive ketones (excluding diaryl/α,β-unsaturated/α-hetero) is 1. The number of fused-ring (bicyclic) bond motifs is 1. The first-order valence-electron chi connectivity index (χ1n) is 5.56. The standard InChI is InChI=1S/C13H15NO2/c1-10(15)9-13(16)14-8-4-6-11-5-2-3-7-12(11)14/h2-3,5,7H,4,6,8-9H2,1H3. The summed E-state index contributed by atoms with van der Waals surface area (Å²) in [5.74, 6) is -0.160. The van der Waals surface area contributed by atoms with Crippen LogP contribution < -0.4 is 4.90 Å². The Labute approximate surface area is 95.1 Å². The van der Waals surface area contributed by atoms with Crippen LogP contribution in [-0.4, -0.2) is 18.2 Å². The molecule has 1 aliphatic heterocycles. The molecular weight excluding hydrogens is 202 g/mol. The normalized spacial score (nSPS) is 14.4. The van der Waals surface area contributed by atoms with Crippen LogP contribution in [0.2, 0.25) is 0 Å². The number of anilines is 1. The van der Waals surface area contributed by atoms with Gasteiger partial charge in [-0.2, -0.15) is 0 Å². The number of carbonyl (C=O) groups excluding carboxylic acids is 2. The highest BCUT2D eigenvalue weighted by molar-refractivity contribution is 6.05. The number of para-hydroxylation sites is 1. The third-order valence-electron chi connectivity index (χ3n) is 2.81. The zero-order chi connectivity index (χ0) is 11.5. The van der Waals surface area contributed by atoms with Crippen molar-refractivity contribution in [2.24, 2.45) is 0 Å². The van der Waals surface area contributed by atoms with Crippen molar-refractivity contribution in [1.82, 2.24) is 0 Å². The Morgan fingerprint density at radius 3 is 2.81 bits per heavy atom. The van der Waals surface area contributed by atoms with Gasteiger partial charge >= 0.3 is 0 Å². The molecule has 0 atom stereocenters. The molecule has 1 aliphatic rings. The minimum absolute atomic E-state index is 0.00827. The molecule has 0 unspecified atom stereocenters. The molecule has 0 aliphatic carbocycles. The van der Waals surface area contributed by atoms with E-state index in [-0.39, 0.29) is 18.1 Å². The lowest BCUT2D eigenvalue weighted by Crippen LogP contribution is -2.36. The van der Waals surface area contributed by atoms with Crippen molar-refractivity contribution in [3.63, 3.8) is 0 Å². The summed E-state index contributed by atoms with van der Waals surface area (Å²) in [6, 6.07) is 7.91. The predicted octanol–water partition coefficient (Wildman–Crippen LogP) is 1.94. The van der Waals surface area contributed by atoms with E-state index < -0.39 is 0 Å². The van der Waals surface area contributed by atoms with Crippen molar-refractivity contribution >= 4 is 17.4 Å². The summed E-state index contributed by atoms with van der Waals surface area (Å²) < 4.78 is 0. The molecule has 0 fully saturated rings. The van der Waals surface area contributed by atoms with Gasteiger partial charge in [-0.3, -0.25) is 9.59 Å². The average molecular weight is 217 g/mol. The molecule has 16 heavy (non-hydrogen) atoms. The number of nitrogens with zero attached hydrogens (tertiary/aromatic N) is 1. The first-order chi connectivity index (χ1) is 7.68. The number of amides is 1. The maximum atomic E-state index is 11.9. The Kier molecular flexibility index (Phi) is 3.04. The molecule has 0 saturated heterocycles. The van der Waals surface area contributed by atoms with Crippen molar-refractivity contribution < 1.29 is 9.59 Å². The predicted molar refractivity (Wildman–Crippen MR) is 62.4 cm³/mol. The number of ketones is 1. The number of rotatable bonds is 2. The summed E-state index contributed by atoms with van der Waals surface area (Å²) in [5.41, 5.74) is 2.17. The fraction of sp³-hybridized carbons (Fsp3) is 0.385. The van der Waals surface area contributed by atoms with E-state index in [9.17, 15) is 9.59 Å². The Balaban J connectivity index is 2.24. The molecule has 1 amide bonds. The highest BCUT2D eigenvalue weighted by atomic mass is 16.2. The minimum Gasteiger partial charge on any atom is -0.312 e. The zero-order valence-electron chi connectivity index (χ0n) is 9.40. The summed E-state index contributed by atoms with van der Waals surface area (Å²) in [6.07, 6.45) is 2.00. The Hall–Kier alpha value is -1.64. The van der Waals surface area contributed by atoms with Crippen LogP contribution in [0.15, 0.2) is 24.3 Å². The van der Waals surface area contributed by atoms with Gasteiger partial charge in [0.15, 0.2) is 0 Å². The van der Waals surface area contributed by atoms with Crippen LogP contribution in [-0.2, 0) is 16.0 Å². The van der Waals surface area contributed by atoms with Gasteiger partial charge in [0.25, 0.3) is 0 Å². The van der Waals surface area contributed by atoms with Crippen molar-refractivity contribution in [2.45, 2.75) is 26.2 Å². The summed E-state index contributed by atoms with van der Waals surface area (Å²) in [5, 5.41) is 0. The quantitative estimate of drug-likeness (QED) is 0.710. The SMILES string of the molecule is CC(=O)CC(=O)N1CCCc2ccccc21. The second-order valence-electron chi connectivity index (χ2n) is 4.16. The smallest absolute Gasteiger partial charge is 0.234 e. The molecule has 1 aromatic rings. The first-order valence-corrected chi connectivity index (χ1v) is 5.56. The monoisotopic (exact) mass is 217 g/mol. The van der Waals surface area contributed by atoms with Crippen LogP contribution in [0.5, 0.6) is 0 Å². The molecule has 1 heterocycles. The molecular formula is C13H15NO2. The molecule has 0 spiro atoms. The fourth-order valence-electron chi connectivity index (χ4n) is 2.10. The summed E-state index contributed by atoms with van der Waals surface area (Å²) in [6.45, 7) is 2.18. The minimum atomic E-state index is -0.0837. The van der Waals surface area contributed by atoms with Gasteiger partial charge in [0.1, 0.15) is 5.78 Å². The van der Waals surface area contributed by atoms with Crippen LogP contribution in [0.1, 0.15) is 25.3 Å². The number of carbonyl (C=O) groups is 2. The van der Waals surface area contributed by atoms with Crippen LogP contribution in [0.25, 0.3) is 0 Å². The molecule has 0 radical (unpaired) electrons. The average Bonchev–Trinajstić information content (AvgIpc) is 2.27. The van der Waals surface area contributed by atoms with Crippen molar-refractivity contribution in [3.05, 3.63) is 29.8 Å². The van der Waals surface area contributed by atoms with Gasteiger partial charge < -0.3 is 4.90 Å². The third-order valence-corrected chi connectivity index (χ3v) is 2.81. The van der Waals surface area contributed by atoms with E-state index in [0.29, 0.717) is 0 Å². The summed E-state index contributed by atoms with van der Waals surface area (Å²) in [4.78, 5) is 24.6. The van der Waals surface area contributed by atoms with Gasteiger partial charge in [0.2, 0.25) is 5.91 Å². The van der Waals surface area contributed by atoms with Crippen LogP contribution in [0, 0.1) is 0 Å². The largest absolute Gasteiger partial charge is 0.312 e. The second-order valence-corrected chi connectivity index (χ2v) is 4.16. The number of aryl methyl sites for hydroxylation is 1. The highest BCUT2D eigenvalue weighted by Crippen LogP contribution is 2.27. The second kappa shape index (κ2) is 4.47. The first kappa shape index (κ1) is 10.9. The number of hydrogen-bond donors (Lipinski definition) is 0. The van der Waals surface area contributed by atoms with Gasteiger partial charge in [0.05, 0.1) is 6.42 Å². The Morgan fingerprint density at radius 2 is 2.06 bits per heavy atom. The lowest BCUT2D eigenvalue weighted by atomic mass is 10.0. The Bertz CT molecular complexity index is 426. The lowest BCUT2D eigenvalue weighted by molar-refractivity contribution is -0.125. The molecule has 0 aromatic heterocycles. The molecule has 0 saturated carbocycles. The molecule has 3 heteroatoms. The van der Waals surface area contributed by atoms with Gasteiger partial charge in [0, 0.05) is 12.2 Å².